The molecule has 5 rings (SSSR count). The summed E-state index contributed by atoms with van der Waals surface area (Å²) < 4.78 is 11.6. The van der Waals surface area contributed by atoms with Crippen molar-refractivity contribution in [3.63, 3.8) is 0 Å². The van der Waals surface area contributed by atoms with Gasteiger partial charge in [-0.05, 0) is 60.6 Å². The molecule has 6 heteroatoms. The molecule has 0 aliphatic carbocycles. The van der Waals surface area contributed by atoms with Crippen molar-refractivity contribution in [3.8, 4) is 5.75 Å². The Balaban J connectivity index is 1.59. The van der Waals surface area contributed by atoms with Crippen LogP contribution in [-0.4, -0.2) is 47.1 Å². The standard InChI is InChI=1S/C28H31NO5/c1-16(2)18-6-8-19(9-7-18)25-24(27(31)28(32)29(25)15-22-5-4-12-33-22)26(30)20-10-11-23-21(14-20)13-17(3)34-23/h6-11,14,16-17,22,25,30H,4-5,12-13,15H2,1-3H3/b26-24-. The van der Waals surface area contributed by atoms with E-state index in [9.17, 15) is 14.7 Å². The predicted molar refractivity (Wildman–Crippen MR) is 129 cm³/mol. The topological polar surface area (TPSA) is 76.1 Å². The minimum atomic E-state index is -0.658. The maximum atomic E-state index is 13.3. The number of amides is 1. The first-order chi connectivity index (χ1) is 16.3. The summed E-state index contributed by atoms with van der Waals surface area (Å²) in [5.41, 5.74) is 3.62. The fourth-order valence-electron chi connectivity index (χ4n) is 5.21. The van der Waals surface area contributed by atoms with Gasteiger partial charge in [0, 0.05) is 25.1 Å². The number of nitrogens with zero attached hydrogens (tertiary/aromatic N) is 1. The van der Waals surface area contributed by atoms with E-state index >= 15 is 0 Å². The molecule has 3 aliphatic heterocycles. The van der Waals surface area contributed by atoms with Gasteiger partial charge < -0.3 is 19.5 Å². The van der Waals surface area contributed by atoms with Gasteiger partial charge in [0.15, 0.2) is 0 Å². The highest BCUT2D eigenvalue weighted by Crippen LogP contribution is 2.41. The zero-order chi connectivity index (χ0) is 24.0. The van der Waals surface area contributed by atoms with Gasteiger partial charge in [-0.3, -0.25) is 9.59 Å². The lowest BCUT2D eigenvalue weighted by Gasteiger charge is -2.27. The molecule has 0 saturated carbocycles. The third-order valence-corrected chi connectivity index (χ3v) is 7.05. The number of fused-ring (bicyclic) bond motifs is 1. The fourth-order valence-corrected chi connectivity index (χ4v) is 5.21. The van der Waals surface area contributed by atoms with Crippen LogP contribution in [-0.2, 0) is 20.7 Å². The maximum Gasteiger partial charge on any atom is 0.295 e. The third kappa shape index (κ3) is 4.00. The number of hydrogen-bond donors (Lipinski definition) is 1. The summed E-state index contributed by atoms with van der Waals surface area (Å²) >= 11 is 0. The van der Waals surface area contributed by atoms with Crippen LogP contribution in [0.2, 0.25) is 0 Å². The Kier molecular flexibility index (Phi) is 5.94. The Morgan fingerprint density at radius 3 is 2.59 bits per heavy atom. The first-order valence-corrected chi connectivity index (χ1v) is 12.1. The quantitative estimate of drug-likeness (QED) is 0.396. The second-order valence-electron chi connectivity index (χ2n) is 9.86. The number of benzene rings is 2. The Morgan fingerprint density at radius 2 is 1.91 bits per heavy atom. The van der Waals surface area contributed by atoms with E-state index in [4.69, 9.17) is 9.47 Å². The van der Waals surface area contributed by atoms with Crippen LogP contribution >= 0.6 is 0 Å². The summed E-state index contributed by atoms with van der Waals surface area (Å²) in [6, 6.07) is 12.7. The molecule has 2 aromatic carbocycles. The number of hydrogen-bond acceptors (Lipinski definition) is 5. The van der Waals surface area contributed by atoms with E-state index in [-0.39, 0.29) is 23.5 Å². The summed E-state index contributed by atoms with van der Waals surface area (Å²) in [6.45, 7) is 7.23. The predicted octanol–water partition coefficient (Wildman–Crippen LogP) is 4.73. The van der Waals surface area contributed by atoms with Crippen LogP contribution in [0.25, 0.3) is 5.76 Å². The molecule has 3 unspecified atom stereocenters. The van der Waals surface area contributed by atoms with E-state index in [1.165, 1.54) is 5.56 Å². The van der Waals surface area contributed by atoms with E-state index < -0.39 is 17.7 Å². The molecule has 34 heavy (non-hydrogen) atoms. The van der Waals surface area contributed by atoms with E-state index in [2.05, 4.69) is 13.8 Å². The number of ether oxygens (including phenoxy) is 2. The molecule has 0 aromatic heterocycles. The van der Waals surface area contributed by atoms with Crippen molar-refractivity contribution in [1.29, 1.82) is 0 Å². The lowest BCUT2D eigenvalue weighted by atomic mass is 9.92. The van der Waals surface area contributed by atoms with Gasteiger partial charge in [0.25, 0.3) is 11.7 Å². The molecular weight excluding hydrogens is 430 g/mol. The molecule has 0 spiro atoms. The maximum absolute atomic E-state index is 13.3. The largest absolute Gasteiger partial charge is 0.507 e. The van der Waals surface area contributed by atoms with Crippen LogP contribution in [0.15, 0.2) is 48.0 Å². The molecule has 3 aliphatic rings. The Labute approximate surface area is 200 Å². The lowest BCUT2D eigenvalue weighted by molar-refractivity contribution is -0.140. The van der Waals surface area contributed by atoms with Crippen LogP contribution in [0.3, 0.4) is 0 Å². The van der Waals surface area contributed by atoms with Crippen molar-refractivity contribution in [2.75, 3.05) is 13.2 Å². The molecule has 2 aromatic rings. The summed E-state index contributed by atoms with van der Waals surface area (Å²) in [4.78, 5) is 28.0. The highest BCUT2D eigenvalue weighted by Gasteiger charge is 2.47. The summed E-state index contributed by atoms with van der Waals surface area (Å²) in [6.07, 6.45) is 2.51. The zero-order valence-electron chi connectivity index (χ0n) is 19.9. The minimum Gasteiger partial charge on any atom is -0.507 e. The second-order valence-corrected chi connectivity index (χ2v) is 9.86. The van der Waals surface area contributed by atoms with Crippen LogP contribution in [0, 0.1) is 0 Å². The summed E-state index contributed by atoms with van der Waals surface area (Å²) in [5, 5.41) is 11.4. The zero-order valence-corrected chi connectivity index (χ0v) is 19.9. The molecule has 178 valence electrons. The Hall–Kier alpha value is -3.12. The molecule has 0 bridgehead atoms. The SMILES string of the molecule is CC1Cc2cc(/C(O)=C3/C(=O)C(=O)N(CC4CCCO4)C3c3ccc(C(C)C)cc3)ccc2O1. The van der Waals surface area contributed by atoms with Gasteiger partial charge in [-0.25, -0.2) is 0 Å². The number of carbonyl (C=O) groups is 2. The number of aliphatic hydroxyl groups is 1. The lowest BCUT2D eigenvalue weighted by Crippen LogP contribution is -2.36. The monoisotopic (exact) mass is 461 g/mol. The molecule has 1 amide bonds. The molecular formula is C28H31NO5. The van der Waals surface area contributed by atoms with E-state index in [0.717, 1.165) is 36.1 Å². The summed E-state index contributed by atoms with van der Waals surface area (Å²) in [5.74, 6) is -0.229. The molecule has 2 saturated heterocycles. The number of carbonyl (C=O) groups excluding carboxylic acids is 2. The average molecular weight is 462 g/mol. The Morgan fingerprint density at radius 1 is 1.15 bits per heavy atom. The first-order valence-electron chi connectivity index (χ1n) is 12.1. The number of aliphatic hydroxyl groups excluding tert-OH is 1. The number of rotatable bonds is 5. The molecule has 3 atom stereocenters. The van der Waals surface area contributed by atoms with E-state index in [0.29, 0.717) is 24.6 Å². The van der Waals surface area contributed by atoms with Crippen molar-refractivity contribution >= 4 is 17.4 Å². The molecule has 6 nitrogen and oxygen atoms in total. The third-order valence-electron chi connectivity index (χ3n) is 7.05. The average Bonchev–Trinajstić information content (AvgIpc) is 3.53. The normalized spacial score (nSPS) is 25.8. The highest BCUT2D eigenvalue weighted by atomic mass is 16.5. The first kappa shape index (κ1) is 22.7. The molecule has 3 heterocycles. The highest BCUT2D eigenvalue weighted by molar-refractivity contribution is 6.46. The van der Waals surface area contributed by atoms with E-state index in [1.807, 2.05) is 43.3 Å². The fraction of sp³-hybridized carbons (Fsp3) is 0.429. The summed E-state index contributed by atoms with van der Waals surface area (Å²) in [7, 11) is 0. The van der Waals surface area contributed by atoms with Gasteiger partial charge in [0.1, 0.15) is 17.6 Å². The van der Waals surface area contributed by atoms with Gasteiger partial charge in [0.05, 0.1) is 17.7 Å². The number of ketones is 1. The van der Waals surface area contributed by atoms with Gasteiger partial charge >= 0.3 is 0 Å². The molecule has 2 fully saturated rings. The van der Waals surface area contributed by atoms with Gasteiger partial charge in [-0.15, -0.1) is 0 Å². The van der Waals surface area contributed by atoms with Crippen molar-refractivity contribution in [3.05, 3.63) is 70.3 Å². The van der Waals surface area contributed by atoms with Crippen molar-refractivity contribution in [1.82, 2.24) is 4.90 Å². The van der Waals surface area contributed by atoms with Gasteiger partial charge in [-0.2, -0.15) is 0 Å². The van der Waals surface area contributed by atoms with Crippen LogP contribution in [0.5, 0.6) is 5.75 Å². The van der Waals surface area contributed by atoms with E-state index in [1.54, 1.807) is 11.0 Å². The number of Topliss-reactive ketones (excluding diaryl/α,β-unsaturated/α-hetero) is 1. The minimum absolute atomic E-state index is 0.0730. The van der Waals surface area contributed by atoms with Crippen LogP contribution in [0.4, 0.5) is 0 Å². The van der Waals surface area contributed by atoms with Gasteiger partial charge in [0.2, 0.25) is 0 Å². The van der Waals surface area contributed by atoms with Crippen molar-refractivity contribution in [2.45, 2.75) is 64.2 Å². The van der Waals surface area contributed by atoms with Gasteiger partial charge in [-0.1, -0.05) is 38.1 Å². The molecule has 0 radical (unpaired) electrons. The Bertz CT molecular complexity index is 1140. The number of likely N-dealkylation sites (tertiary alicyclic amines) is 1. The van der Waals surface area contributed by atoms with Crippen molar-refractivity contribution < 1.29 is 24.2 Å². The van der Waals surface area contributed by atoms with Crippen molar-refractivity contribution in [2.24, 2.45) is 0 Å². The van der Waals surface area contributed by atoms with Crippen LogP contribution in [0.1, 0.15) is 67.8 Å². The van der Waals surface area contributed by atoms with Crippen LogP contribution < -0.4 is 4.74 Å². The molecule has 1 N–H and O–H groups in total. The smallest absolute Gasteiger partial charge is 0.295 e. The second kappa shape index (κ2) is 8.91.